The second-order valence-corrected chi connectivity index (χ2v) is 12.1. The van der Waals surface area contributed by atoms with E-state index in [0.717, 1.165) is 0 Å². The van der Waals surface area contributed by atoms with E-state index in [9.17, 15) is 18.0 Å². The van der Waals surface area contributed by atoms with Crippen LogP contribution >= 0.6 is 34.8 Å². The van der Waals surface area contributed by atoms with Gasteiger partial charge >= 0.3 is 5.97 Å². The molecule has 0 saturated carbocycles. The molecule has 0 bridgehead atoms. The molecule has 0 spiro atoms. The minimum Gasteiger partial charge on any atom is -0.452 e. The molecule has 212 valence electrons. The summed E-state index contributed by atoms with van der Waals surface area (Å²) in [5, 5.41) is 3.74. The zero-order chi connectivity index (χ0) is 29.1. The van der Waals surface area contributed by atoms with E-state index in [1.807, 2.05) is 0 Å². The van der Waals surface area contributed by atoms with Crippen molar-refractivity contribution in [2.24, 2.45) is 0 Å². The predicted molar refractivity (Wildman–Crippen MR) is 157 cm³/mol. The van der Waals surface area contributed by atoms with E-state index in [-0.39, 0.29) is 38.6 Å². The van der Waals surface area contributed by atoms with Crippen LogP contribution in [0.3, 0.4) is 0 Å². The molecule has 2 heterocycles. The number of sulfonamides is 1. The van der Waals surface area contributed by atoms with Crippen molar-refractivity contribution in [3.8, 4) is 11.3 Å². The number of halogens is 3. The highest BCUT2D eigenvalue weighted by Gasteiger charge is 2.26. The molecule has 4 aromatic rings. The summed E-state index contributed by atoms with van der Waals surface area (Å²) in [7, 11) is -3.66. The van der Waals surface area contributed by atoms with Gasteiger partial charge in [0.25, 0.3) is 5.91 Å². The number of esters is 1. The quantitative estimate of drug-likeness (QED) is 0.206. The number of para-hydroxylation sites is 1. The summed E-state index contributed by atoms with van der Waals surface area (Å²) in [4.78, 5) is 30.4. The Kier molecular flexibility index (Phi) is 8.79. The molecule has 13 heteroatoms. The SMILES string of the molecule is O=C(COC(=O)c1cc(-c2ccc(Cl)c(Cl)c2Cl)nc2ccccc12)Nc1ccc(S(=O)(=O)N2CCOCC2)cc1. The first kappa shape index (κ1) is 29.2. The minimum absolute atomic E-state index is 0.103. The Morgan fingerprint density at radius 2 is 1.66 bits per heavy atom. The third-order valence-corrected chi connectivity index (χ3v) is 9.53. The van der Waals surface area contributed by atoms with Gasteiger partial charge in [-0.05, 0) is 48.5 Å². The molecule has 5 rings (SSSR count). The van der Waals surface area contributed by atoms with Crippen LogP contribution in [0.15, 0.2) is 71.6 Å². The summed E-state index contributed by atoms with van der Waals surface area (Å²) < 4.78 is 37.5. The van der Waals surface area contributed by atoms with E-state index < -0.39 is 28.5 Å². The lowest BCUT2D eigenvalue weighted by atomic mass is 10.0. The number of nitrogens with zero attached hydrogens (tertiary/aromatic N) is 2. The van der Waals surface area contributed by atoms with Crippen molar-refractivity contribution >= 4 is 73.3 Å². The van der Waals surface area contributed by atoms with Crippen molar-refractivity contribution in [1.82, 2.24) is 9.29 Å². The fourth-order valence-corrected chi connectivity index (χ4v) is 6.30. The van der Waals surface area contributed by atoms with Crippen LogP contribution in [-0.2, 0) is 24.3 Å². The fourth-order valence-electron chi connectivity index (χ4n) is 4.26. The molecule has 1 aromatic heterocycles. The average Bonchev–Trinajstić information content (AvgIpc) is 2.99. The lowest BCUT2D eigenvalue weighted by Crippen LogP contribution is -2.40. The minimum atomic E-state index is -3.66. The van der Waals surface area contributed by atoms with E-state index >= 15 is 0 Å². The van der Waals surface area contributed by atoms with Crippen LogP contribution in [0.2, 0.25) is 15.1 Å². The van der Waals surface area contributed by atoms with Crippen LogP contribution in [-0.4, -0.2) is 62.5 Å². The topological polar surface area (TPSA) is 115 Å². The molecule has 9 nitrogen and oxygen atoms in total. The number of anilines is 1. The van der Waals surface area contributed by atoms with Gasteiger partial charge in [-0.15, -0.1) is 0 Å². The van der Waals surface area contributed by atoms with Gasteiger partial charge in [-0.3, -0.25) is 4.79 Å². The maximum atomic E-state index is 13.1. The Labute approximate surface area is 251 Å². The Balaban J connectivity index is 1.29. The molecule has 0 aliphatic carbocycles. The number of benzene rings is 3. The molecule has 1 fully saturated rings. The first-order valence-corrected chi connectivity index (χ1v) is 14.9. The number of hydrogen-bond donors (Lipinski definition) is 1. The zero-order valence-corrected chi connectivity index (χ0v) is 24.4. The first-order valence-electron chi connectivity index (χ1n) is 12.3. The summed E-state index contributed by atoms with van der Waals surface area (Å²) in [6.07, 6.45) is 0. The lowest BCUT2D eigenvalue weighted by Gasteiger charge is -2.26. The zero-order valence-electron chi connectivity index (χ0n) is 21.3. The van der Waals surface area contributed by atoms with Gasteiger partial charge in [0.2, 0.25) is 10.0 Å². The summed E-state index contributed by atoms with van der Waals surface area (Å²) in [6, 6.07) is 17.5. The van der Waals surface area contributed by atoms with Gasteiger partial charge in [0.05, 0.1) is 50.0 Å². The Bertz CT molecular complexity index is 1740. The van der Waals surface area contributed by atoms with Gasteiger partial charge in [-0.25, -0.2) is 18.2 Å². The van der Waals surface area contributed by atoms with Gasteiger partial charge in [-0.2, -0.15) is 4.31 Å². The molecule has 1 N–H and O–H groups in total. The highest BCUT2D eigenvalue weighted by molar-refractivity contribution is 7.89. The number of ether oxygens (including phenoxy) is 2. The van der Waals surface area contributed by atoms with Crippen molar-refractivity contribution in [3.63, 3.8) is 0 Å². The maximum absolute atomic E-state index is 13.1. The molecule has 1 saturated heterocycles. The third-order valence-electron chi connectivity index (χ3n) is 6.33. The fraction of sp³-hybridized carbons (Fsp3) is 0.179. The van der Waals surface area contributed by atoms with Crippen LogP contribution in [0.25, 0.3) is 22.2 Å². The molecule has 1 aliphatic heterocycles. The van der Waals surface area contributed by atoms with Crippen LogP contribution < -0.4 is 5.32 Å². The molecular weight excluding hydrogens is 613 g/mol. The molecule has 0 atom stereocenters. The summed E-state index contributed by atoms with van der Waals surface area (Å²) in [5.41, 5.74) is 1.88. The Hall–Kier alpha value is -3.25. The number of carbonyl (C=O) groups is 2. The van der Waals surface area contributed by atoms with Gasteiger partial charge in [0, 0.05) is 29.7 Å². The van der Waals surface area contributed by atoms with Gasteiger partial charge in [0.1, 0.15) is 0 Å². The largest absolute Gasteiger partial charge is 0.452 e. The highest BCUT2D eigenvalue weighted by Crippen LogP contribution is 2.38. The van der Waals surface area contributed by atoms with Gasteiger partial charge < -0.3 is 14.8 Å². The maximum Gasteiger partial charge on any atom is 0.339 e. The van der Waals surface area contributed by atoms with Crippen LogP contribution in [0.5, 0.6) is 0 Å². The second kappa shape index (κ2) is 12.3. The highest BCUT2D eigenvalue weighted by atomic mass is 35.5. The number of nitrogens with one attached hydrogen (secondary N) is 1. The standard InChI is InChI=1S/C28H22Cl3N3O6S/c29-22-10-9-20(26(30)27(22)31)24-15-21(19-3-1-2-4-23(19)33-24)28(36)40-16-25(35)32-17-5-7-18(8-6-17)41(37,38)34-11-13-39-14-12-34/h1-10,15H,11-14,16H2,(H,32,35). The molecule has 0 radical (unpaired) electrons. The molecule has 41 heavy (non-hydrogen) atoms. The number of rotatable bonds is 7. The Morgan fingerprint density at radius 1 is 0.951 bits per heavy atom. The predicted octanol–water partition coefficient (Wildman–Crippen LogP) is 5.68. The molecule has 0 unspecified atom stereocenters. The lowest BCUT2D eigenvalue weighted by molar-refractivity contribution is -0.119. The number of pyridine rings is 1. The smallest absolute Gasteiger partial charge is 0.339 e. The van der Waals surface area contributed by atoms with E-state index in [0.29, 0.717) is 41.1 Å². The number of carbonyl (C=O) groups excluding carboxylic acids is 2. The summed E-state index contributed by atoms with van der Waals surface area (Å²) >= 11 is 18.7. The van der Waals surface area contributed by atoms with Crippen molar-refractivity contribution in [2.45, 2.75) is 4.90 Å². The molecule has 3 aromatic carbocycles. The van der Waals surface area contributed by atoms with Crippen molar-refractivity contribution in [2.75, 3.05) is 38.2 Å². The number of morpholine rings is 1. The van der Waals surface area contributed by atoms with Crippen molar-refractivity contribution in [1.29, 1.82) is 0 Å². The monoisotopic (exact) mass is 633 g/mol. The van der Waals surface area contributed by atoms with Crippen molar-refractivity contribution < 1.29 is 27.5 Å². The second-order valence-electron chi connectivity index (χ2n) is 8.96. The van der Waals surface area contributed by atoms with E-state index in [2.05, 4.69) is 10.3 Å². The van der Waals surface area contributed by atoms with E-state index in [1.54, 1.807) is 36.4 Å². The Morgan fingerprint density at radius 3 is 2.39 bits per heavy atom. The van der Waals surface area contributed by atoms with E-state index in [1.165, 1.54) is 34.6 Å². The van der Waals surface area contributed by atoms with Crippen LogP contribution in [0, 0.1) is 0 Å². The molecule has 1 amide bonds. The number of aromatic nitrogens is 1. The van der Waals surface area contributed by atoms with Crippen LogP contribution in [0.1, 0.15) is 10.4 Å². The average molecular weight is 635 g/mol. The molecular formula is C28H22Cl3N3O6S. The number of hydrogen-bond acceptors (Lipinski definition) is 7. The molecule has 1 aliphatic rings. The normalized spacial score (nSPS) is 14.1. The third kappa shape index (κ3) is 6.33. The number of fused-ring (bicyclic) bond motifs is 1. The van der Waals surface area contributed by atoms with Gasteiger partial charge in [-0.1, -0.05) is 53.0 Å². The number of amides is 1. The van der Waals surface area contributed by atoms with Crippen LogP contribution in [0.4, 0.5) is 5.69 Å². The first-order chi connectivity index (χ1) is 19.6. The summed E-state index contributed by atoms with van der Waals surface area (Å²) in [5.74, 6) is -1.35. The van der Waals surface area contributed by atoms with Gasteiger partial charge in [0.15, 0.2) is 6.61 Å². The van der Waals surface area contributed by atoms with E-state index in [4.69, 9.17) is 44.3 Å². The van der Waals surface area contributed by atoms with Crippen molar-refractivity contribution in [3.05, 3.63) is 87.4 Å². The summed E-state index contributed by atoms with van der Waals surface area (Å²) in [6.45, 7) is 0.659.